The van der Waals surface area contributed by atoms with E-state index in [9.17, 15) is 4.79 Å². The van der Waals surface area contributed by atoms with Gasteiger partial charge in [-0.3, -0.25) is 4.79 Å². The van der Waals surface area contributed by atoms with Gasteiger partial charge in [-0.2, -0.15) is 0 Å². The Morgan fingerprint density at radius 2 is 2.20 bits per heavy atom. The van der Waals surface area contributed by atoms with Crippen LogP contribution in [-0.2, 0) is 0 Å². The SMILES string of the molecule is CCC1CCN(C(=O)c2cc(C)cc(Cl)c2)C(CN)C1. The molecule has 1 heterocycles. The quantitative estimate of drug-likeness (QED) is 0.930. The fraction of sp³-hybridized carbons (Fsp3) is 0.562. The standard InChI is InChI=1S/C16H23ClN2O/c1-3-12-4-5-19(15(8-12)10-18)16(20)13-6-11(2)7-14(17)9-13/h6-7,9,12,15H,3-5,8,10,18H2,1-2H3. The molecule has 0 aromatic heterocycles. The summed E-state index contributed by atoms with van der Waals surface area (Å²) in [5, 5.41) is 0.612. The van der Waals surface area contributed by atoms with Crippen LogP contribution in [-0.4, -0.2) is 29.9 Å². The van der Waals surface area contributed by atoms with Crippen molar-refractivity contribution in [1.29, 1.82) is 0 Å². The Morgan fingerprint density at radius 3 is 2.80 bits per heavy atom. The average Bonchev–Trinajstić information content (AvgIpc) is 2.44. The van der Waals surface area contributed by atoms with Gasteiger partial charge in [0.05, 0.1) is 0 Å². The van der Waals surface area contributed by atoms with Gasteiger partial charge in [-0.15, -0.1) is 0 Å². The Bertz CT molecular complexity index is 469. The number of hydrogen-bond donors (Lipinski definition) is 1. The van der Waals surface area contributed by atoms with Gasteiger partial charge in [0.2, 0.25) is 0 Å². The third kappa shape index (κ3) is 3.33. The van der Waals surface area contributed by atoms with E-state index in [-0.39, 0.29) is 11.9 Å². The summed E-state index contributed by atoms with van der Waals surface area (Å²) >= 11 is 6.05. The summed E-state index contributed by atoms with van der Waals surface area (Å²) in [5.41, 5.74) is 7.54. The number of nitrogens with zero attached hydrogens (tertiary/aromatic N) is 1. The van der Waals surface area contributed by atoms with Crippen molar-refractivity contribution < 1.29 is 4.79 Å². The Labute approximate surface area is 126 Å². The van der Waals surface area contributed by atoms with Crippen LogP contribution < -0.4 is 5.73 Å². The fourth-order valence-electron chi connectivity index (χ4n) is 3.02. The van der Waals surface area contributed by atoms with Gasteiger partial charge in [-0.05, 0) is 49.4 Å². The van der Waals surface area contributed by atoms with Crippen molar-refractivity contribution in [3.05, 3.63) is 34.3 Å². The lowest BCUT2D eigenvalue weighted by molar-refractivity contribution is 0.0558. The number of aryl methyl sites for hydroxylation is 1. The first-order valence-electron chi connectivity index (χ1n) is 7.33. The van der Waals surface area contributed by atoms with Crippen molar-refractivity contribution in [3.63, 3.8) is 0 Å². The Kier molecular flexibility index (Phi) is 5.06. The Balaban J connectivity index is 2.19. The van der Waals surface area contributed by atoms with Gasteiger partial charge >= 0.3 is 0 Å². The van der Waals surface area contributed by atoms with E-state index in [1.54, 1.807) is 6.07 Å². The van der Waals surface area contributed by atoms with Crippen molar-refractivity contribution in [1.82, 2.24) is 4.90 Å². The lowest BCUT2D eigenvalue weighted by atomic mass is 9.88. The number of hydrogen-bond acceptors (Lipinski definition) is 2. The summed E-state index contributed by atoms with van der Waals surface area (Å²) in [4.78, 5) is 14.6. The summed E-state index contributed by atoms with van der Waals surface area (Å²) in [6.07, 6.45) is 3.24. The van der Waals surface area contributed by atoms with Gasteiger partial charge < -0.3 is 10.6 Å². The van der Waals surface area contributed by atoms with Crippen molar-refractivity contribution in [2.45, 2.75) is 39.2 Å². The summed E-state index contributed by atoms with van der Waals surface area (Å²) in [7, 11) is 0. The number of carbonyl (C=O) groups is 1. The van der Waals surface area contributed by atoms with Crippen molar-refractivity contribution in [3.8, 4) is 0 Å². The minimum absolute atomic E-state index is 0.0561. The number of likely N-dealkylation sites (tertiary alicyclic amines) is 1. The molecule has 2 atom stereocenters. The van der Waals surface area contributed by atoms with Gasteiger partial charge in [0.25, 0.3) is 5.91 Å². The van der Waals surface area contributed by atoms with E-state index in [4.69, 9.17) is 17.3 Å². The van der Waals surface area contributed by atoms with E-state index in [1.807, 2.05) is 24.0 Å². The van der Waals surface area contributed by atoms with Crippen LogP contribution in [0.4, 0.5) is 0 Å². The zero-order valence-corrected chi connectivity index (χ0v) is 13.0. The fourth-order valence-corrected chi connectivity index (χ4v) is 3.31. The molecule has 0 spiro atoms. The van der Waals surface area contributed by atoms with E-state index in [2.05, 4.69) is 6.92 Å². The predicted octanol–water partition coefficient (Wildman–Crippen LogP) is 3.24. The molecule has 1 aromatic rings. The first-order chi connectivity index (χ1) is 9.55. The Morgan fingerprint density at radius 1 is 1.45 bits per heavy atom. The summed E-state index contributed by atoms with van der Waals surface area (Å²) in [6.45, 7) is 5.48. The number of carbonyl (C=O) groups excluding carboxylic acids is 1. The molecule has 1 saturated heterocycles. The largest absolute Gasteiger partial charge is 0.334 e. The van der Waals surface area contributed by atoms with Crippen molar-refractivity contribution in [2.24, 2.45) is 11.7 Å². The third-order valence-electron chi connectivity index (χ3n) is 4.22. The van der Waals surface area contributed by atoms with Crippen LogP contribution in [0.25, 0.3) is 0 Å². The smallest absolute Gasteiger partial charge is 0.254 e. The second-order valence-electron chi connectivity index (χ2n) is 5.70. The maximum Gasteiger partial charge on any atom is 0.254 e. The van der Waals surface area contributed by atoms with Crippen LogP contribution in [0.5, 0.6) is 0 Å². The number of amides is 1. The maximum absolute atomic E-state index is 12.7. The number of rotatable bonds is 3. The van der Waals surface area contributed by atoms with E-state index in [0.717, 1.165) is 31.4 Å². The zero-order valence-electron chi connectivity index (χ0n) is 12.2. The number of halogens is 1. The van der Waals surface area contributed by atoms with Gasteiger partial charge in [0.1, 0.15) is 0 Å². The van der Waals surface area contributed by atoms with E-state index < -0.39 is 0 Å². The highest BCUT2D eigenvalue weighted by molar-refractivity contribution is 6.31. The lowest BCUT2D eigenvalue weighted by Gasteiger charge is -2.39. The first kappa shape index (κ1) is 15.3. The minimum atomic E-state index is 0.0561. The van der Waals surface area contributed by atoms with Crippen LogP contribution in [0.3, 0.4) is 0 Å². The molecule has 1 aliphatic rings. The molecule has 110 valence electrons. The molecule has 0 saturated carbocycles. The van der Waals surface area contributed by atoms with Gasteiger partial charge in [-0.1, -0.05) is 24.9 Å². The normalized spacial score (nSPS) is 22.9. The van der Waals surface area contributed by atoms with Crippen LogP contribution in [0.15, 0.2) is 18.2 Å². The molecular weight excluding hydrogens is 272 g/mol. The van der Waals surface area contributed by atoms with Crippen molar-refractivity contribution in [2.75, 3.05) is 13.1 Å². The molecule has 0 aliphatic carbocycles. The van der Waals surface area contributed by atoms with E-state index >= 15 is 0 Å². The predicted molar refractivity (Wildman–Crippen MR) is 83.1 cm³/mol. The second kappa shape index (κ2) is 6.59. The third-order valence-corrected chi connectivity index (χ3v) is 4.44. The molecule has 3 nitrogen and oxygen atoms in total. The molecule has 0 radical (unpaired) electrons. The molecule has 2 N–H and O–H groups in total. The van der Waals surface area contributed by atoms with Crippen LogP contribution in [0, 0.1) is 12.8 Å². The van der Waals surface area contributed by atoms with Crippen molar-refractivity contribution >= 4 is 17.5 Å². The zero-order chi connectivity index (χ0) is 14.7. The topological polar surface area (TPSA) is 46.3 Å². The molecule has 4 heteroatoms. The average molecular weight is 295 g/mol. The molecule has 2 rings (SSSR count). The number of benzene rings is 1. The summed E-state index contributed by atoms with van der Waals surface area (Å²) in [5.74, 6) is 0.745. The molecule has 0 bridgehead atoms. The summed E-state index contributed by atoms with van der Waals surface area (Å²) in [6, 6.07) is 5.66. The molecular formula is C16H23ClN2O. The molecule has 1 fully saturated rings. The molecule has 20 heavy (non-hydrogen) atoms. The number of nitrogens with two attached hydrogens (primary N) is 1. The number of piperidine rings is 1. The second-order valence-corrected chi connectivity index (χ2v) is 6.14. The highest BCUT2D eigenvalue weighted by Gasteiger charge is 2.30. The van der Waals surface area contributed by atoms with Crippen LogP contribution in [0.2, 0.25) is 5.02 Å². The highest BCUT2D eigenvalue weighted by atomic mass is 35.5. The molecule has 1 amide bonds. The lowest BCUT2D eigenvalue weighted by Crippen LogP contribution is -2.49. The first-order valence-corrected chi connectivity index (χ1v) is 7.71. The van der Waals surface area contributed by atoms with Gasteiger partial charge in [-0.25, -0.2) is 0 Å². The molecule has 1 aliphatic heterocycles. The highest BCUT2D eigenvalue weighted by Crippen LogP contribution is 2.27. The van der Waals surface area contributed by atoms with E-state index in [0.29, 0.717) is 23.0 Å². The van der Waals surface area contributed by atoms with E-state index in [1.165, 1.54) is 0 Å². The van der Waals surface area contributed by atoms with Crippen LogP contribution >= 0.6 is 11.6 Å². The molecule has 2 unspecified atom stereocenters. The monoisotopic (exact) mass is 294 g/mol. The summed E-state index contributed by atoms with van der Waals surface area (Å²) < 4.78 is 0. The molecule has 1 aromatic carbocycles. The van der Waals surface area contributed by atoms with Gasteiger partial charge in [0.15, 0.2) is 0 Å². The minimum Gasteiger partial charge on any atom is -0.334 e. The van der Waals surface area contributed by atoms with Crippen LogP contribution in [0.1, 0.15) is 42.1 Å². The Hall–Kier alpha value is -1.06. The van der Waals surface area contributed by atoms with Gasteiger partial charge in [0, 0.05) is 29.7 Å². The maximum atomic E-state index is 12.7.